The molecule has 0 fully saturated rings. The van der Waals surface area contributed by atoms with E-state index in [0.717, 1.165) is 17.8 Å². The van der Waals surface area contributed by atoms with Gasteiger partial charge in [-0.15, -0.1) is 11.8 Å². The lowest BCUT2D eigenvalue weighted by Crippen LogP contribution is -2.33. The SMILES string of the molecule is CCN(c1cccc(F)c1)C(CN)c1ccc(SC)cc1. The van der Waals surface area contributed by atoms with Gasteiger partial charge in [0.1, 0.15) is 5.82 Å². The van der Waals surface area contributed by atoms with Gasteiger partial charge < -0.3 is 10.6 Å². The highest BCUT2D eigenvalue weighted by Crippen LogP contribution is 2.28. The molecule has 0 aliphatic carbocycles. The Labute approximate surface area is 130 Å². The lowest BCUT2D eigenvalue weighted by atomic mass is 10.0. The summed E-state index contributed by atoms with van der Waals surface area (Å²) < 4.78 is 13.5. The van der Waals surface area contributed by atoms with E-state index < -0.39 is 0 Å². The first-order valence-electron chi connectivity index (χ1n) is 7.05. The predicted molar refractivity (Wildman–Crippen MR) is 89.4 cm³/mol. The Hall–Kier alpha value is -1.52. The molecular formula is C17H21FN2S. The van der Waals surface area contributed by atoms with Crippen LogP contribution in [0.2, 0.25) is 0 Å². The third-order valence-corrected chi connectivity index (χ3v) is 4.32. The highest BCUT2D eigenvalue weighted by Gasteiger charge is 2.18. The van der Waals surface area contributed by atoms with Crippen LogP contribution < -0.4 is 10.6 Å². The lowest BCUT2D eigenvalue weighted by Gasteiger charge is -2.32. The van der Waals surface area contributed by atoms with Crippen LogP contribution in [0.1, 0.15) is 18.5 Å². The second-order valence-electron chi connectivity index (χ2n) is 4.79. The van der Waals surface area contributed by atoms with Gasteiger partial charge in [-0.25, -0.2) is 4.39 Å². The summed E-state index contributed by atoms with van der Waals surface area (Å²) in [5.41, 5.74) is 8.00. The molecular weight excluding hydrogens is 283 g/mol. The van der Waals surface area contributed by atoms with Crippen molar-refractivity contribution in [2.75, 3.05) is 24.2 Å². The summed E-state index contributed by atoms with van der Waals surface area (Å²) >= 11 is 1.71. The molecule has 1 unspecified atom stereocenters. The number of halogens is 1. The molecule has 1 atom stereocenters. The molecule has 0 heterocycles. The normalized spacial score (nSPS) is 12.2. The summed E-state index contributed by atoms with van der Waals surface area (Å²) in [6.45, 7) is 3.32. The summed E-state index contributed by atoms with van der Waals surface area (Å²) in [4.78, 5) is 3.36. The number of likely N-dealkylation sites (N-methyl/N-ethyl adjacent to an activating group) is 1. The minimum Gasteiger partial charge on any atom is -0.363 e. The molecule has 0 saturated carbocycles. The Morgan fingerprint density at radius 2 is 1.90 bits per heavy atom. The van der Waals surface area contributed by atoms with E-state index in [1.807, 2.05) is 6.07 Å². The van der Waals surface area contributed by atoms with E-state index in [9.17, 15) is 4.39 Å². The maximum Gasteiger partial charge on any atom is 0.125 e. The second kappa shape index (κ2) is 7.48. The molecule has 2 nitrogen and oxygen atoms in total. The molecule has 2 rings (SSSR count). The largest absolute Gasteiger partial charge is 0.363 e. The zero-order valence-electron chi connectivity index (χ0n) is 12.4. The van der Waals surface area contributed by atoms with E-state index in [2.05, 4.69) is 42.3 Å². The Balaban J connectivity index is 2.32. The fourth-order valence-electron chi connectivity index (χ4n) is 2.51. The first-order valence-corrected chi connectivity index (χ1v) is 8.28. The Kier molecular flexibility index (Phi) is 5.65. The van der Waals surface area contributed by atoms with Crippen LogP contribution in [-0.4, -0.2) is 19.3 Å². The van der Waals surface area contributed by atoms with E-state index in [-0.39, 0.29) is 11.9 Å². The van der Waals surface area contributed by atoms with Crippen molar-refractivity contribution >= 4 is 17.4 Å². The molecule has 0 amide bonds. The number of benzene rings is 2. The van der Waals surface area contributed by atoms with Crippen molar-refractivity contribution in [3.8, 4) is 0 Å². The third kappa shape index (κ3) is 3.77. The molecule has 0 radical (unpaired) electrons. The van der Waals surface area contributed by atoms with Gasteiger partial charge in [-0.05, 0) is 49.1 Å². The van der Waals surface area contributed by atoms with Crippen molar-refractivity contribution in [3.05, 3.63) is 59.9 Å². The molecule has 112 valence electrons. The van der Waals surface area contributed by atoms with Crippen LogP contribution in [0.15, 0.2) is 53.4 Å². The number of hydrogen-bond acceptors (Lipinski definition) is 3. The number of thioether (sulfide) groups is 1. The van der Waals surface area contributed by atoms with E-state index in [4.69, 9.17) is 5.73 Å². The minimum atomic E-state index is -0.223. The molecule has 0 aliphatic rings. The maximum atomic E-state index is 13.5. The number of nitrogens with zero attached hydrogens (tertiary/aromatic N) is 1. The van der Waals surface area contributed by atoms with Crippen LogP contribution in [0.4, 0.5) is 10.1 Å². The molecule has 2 aromatic carbocycles. The highest BCUT2D eigenvalue weighted by atomic mass is 32.2. The predicted octanol–water partition coefficient (Wildman–Crippen LogP) is 4.07. The summed E-state index contributed by atoms with van der Waals surface area (Å²) in [5.74, 6) is -0.223. The van der Waals surface area contributed by atoms with Gasteiger partial charge in [-0.1, -0.05) is 18.2 Å². The van der Waals surface area contributed by atoms with Crippen molar-refractivity contribution in [1.82, 2.24) is 0 Å². The molecule has 4 heteroatoms. The Morgan fingerprint density at radius 1 is 1.19 bits per heavy atom. The molecule has 0 bridgehead atoms. The van der Waals surface area contributed by atoms with Crippen molar-refractivity contribution in [1.29, 1.82) is 0 Å². The van der Waals surface area contributed by atoms with Crippen molar-refractivity contribution in [3.63, 3.8) is 0 Å². The Morgan fingerprint density at radius 3 is 2.43 bits per heavy atom. The summed E-state index contributed by atoms with van der Waals surface area (Å²) in [6, 6.07) is 15.1. The zero-order chi connectivity index (χ0) is 15.2. The standard InChI is InChI=1S/C17H21FN2S/c1-3-20(15-6-4-5-14(18)11-15)17(12-19)13-7-9-16(21-2)10-8-13/h4-11,17H,3,12,19H2,1-2H3. The summed E-state index contributed by atoms with van der Waals surface area (Å²) in [5, 5.41) is 0. The summed E-state index contributed by atoms with van der Waals surface area (Å²) in [7, 11) is 0. The number of nitrogens with two attached hydrogens (primary N) is 1. The van der Waals surface area contributed by atoms with Gasteiger partial charge in [0.25, 0.3) is 0 Å². The van der Waals surface area contributed by atoms with Crippen LogP contribution in [0.3, 0.4) is 0 Å². The average molecular weight is 304 g/mol. The van der Waals surface area contributed by atoms with E-state index in [0.29, 0.717) is 6.54 Å². The minimum absolute atomic E-state index is 0.0488. The van der Waals surface area contributed by atoms with Crippen LogP contribution in [0.5, 0.6) is 0 Å². The highest BCUT2D eigenvalue weighted by molar-refractivity contribution is 7.98. The topological polar surface area (TPSA) is 29.3 Å². The van der Waals surface area contributed by atoms with Gasteiger partial charge in [-0.2, -0.15) is 0 Å². The van der Waals surface area contributed by atoms with Gasteiger partial charge in [0, 0.05) is 23.7 Å². The number of hydrogen-bond donors (Lipinski definition) is 1. The monoisotopic (exact) mass is 304 g/mol. The van der Waals surface area contributed by atoms with E-state index in [1.54, 1.807) is 23.9 Å². The van der Waals surface area contributed by atoms with Crippen molar-refractivity contribution in [2.45, 2.75) is 17.9 Å². The fraction of sp³-hybridized carbons (Fsp3) is 0.294. The lowest BCUT2D eigenvalue weighted by molar-refractivity contribution is 0.616. The van der Waals surface area contributed by atoms with Crippen molar-refractivity contribution in [2.24, 2.45) is 5.73 Å². The van der Waals surface area contributed by atoms with Crippen LogP contribution in [0, 0.1) is 5.82 Å². The third-order valence-electron chi connectivity index (χ3n) is 3.58. The van der Waals surface area contributed by atoms with Gasteiger partial charge in [0.2, 0.25) is 0 Å². The van der Waals surface area contributed by atoms with Crippen LogP contribution >= 0.6 is 11.8 Å². The van der Waals surface area contributed by atoms with Gasteiger partial charge in [0.15, 0.2) is 0 Å². The van der Waals surface area contributed by atoms with Gasteiger partial charge in [0.05, 0.1) is 6.04 Å². The average Bonchev–Trinajstić information content (AvgIpc) is 2.52. The quantitative estimate of drug-likeness (QED) is 0.816. The summed E-state index contributed by atoms with van der Waals surface area (Å²) in [6.07, 6.45) is 2.06. The van der Waals surface area contributed by atoms with E-state index >= 15 is 0 Å². The smallest absolute Gasteiger partial charge is 0.125 e. The molecule has 2 N–H and O–H groups in total. The first-order chi connectivity index (χ1) is 10.2. The molecule has 2 aromatic rings. The van der Waals surface area contributed by atoms with Gasteiger partial charge >= 0.3 is 0 Å². The van der Waals surface area contributed by atoms with Gasteiger partial charge in [-0.3, -0.25) is 0 Å². The zero-order valence-corrected chi connectivity index (χ0v) is 13.2. The van der Waals surface area contributed by atoms with Crippen molar-refractivity contribution < 1.29 is 4.39 Å². The molecule has 21 heavy (non-hydrogen) atoms. The number of anilines is 1. The maximum absolute atomic E-state index is 13.5. The second-order valence-corrected chi connectivity index (χ2v) is 5.67. The first kappa shape index (κ1) is 15.9. The van der Waals surface area contributed by atoms with E-state index in [1.165, 1.54) is 11.0 Å². The molecule has 0 aliphatic heterocycles. The molecule has 0 aromatic heterocycles. The molecule has 0 spiro atoms. The fourth-order valence-corrected chi connectivity index (χ4v) is 2.92. The number of rotatable bonds is 6. The van der Waals surface area contributed by atoms with Crippen LogP contribution in [0.25, 0.3) is 0 Å². The molecule has 0 saturated heterocycles. The van der Waals surface area contributed by atoms with Crippen LogP contribution in [-0.2, 0) is 0 Å². The Bertz CT molecular complexity index is 571.